The van der Waals surface area contributed by atoms with Gasteiger partial charge in [0, 0.05) is 11.4 Å². The molecule has 2 N–H and O–H groups in total. The summed E-state index contributed by atoms with van der Waals surface area (Å²) in [4.78, 5) is 25.7. The average Bonchev–Trinajstić information content (AvgIpc) is 2.74. The molecule has 1 atom stereocenters. The standard InChI is InChI=1S/C23H20ClFN2O3/c1-30-21-12-11-16(24)14-19(21)26-23(29)20(13-15-7-3-2-4-8-15)27-22(28)17-9-5-6-10-18(17)25/h2-12,14,20H,13H2,1H3,(H,26,29)(H,27,28). The second-order valence-electron chi connectivity index (χ2n) is 6.53. The van der Waals surface area contributed by atoms with Crippen LogP contribution in [-0.4, -0.2) is 25.0 Å². The number of carbonyl (C=O) groups is 2. The van der Waals surface area contributed by atoms with Crippen molar-refractivity contribution < 1.29 is 18.7 Å². The maximum atomic E-state index is 14.0. The molecule has 2 amide bonds. The van der Waals surface area contributed by atoms with Gasteiger partial charge in [-0.05, 0) is 35.9 Å². The number of hydrogen-bond acceptors (Lipinski definition) is 3. The molecular weight excluding hydrogens is 407 g/mol. The number of methoxy groups -OCH3 is 1. The summed E-state index contributed by atoms with van der Waals surface area (Å²) in [6, 6.07) is 18.7. The van der Waals surface area contributed by atoms with Gasteiger partial charge in [0.1, 0.15) is 17.6 Å². The molecule has 0 saturated heterocycles. The summed E-state index contributed by atoms with van der Waals surface area (Å²) in [7, 11) is 1.47. The Bertz CT molecular complexity index is 1040. The zero-order valence-electron chi connectivity index (χ0n) is 16.2. The van der Waals surface area contributed by atoms with Gasteiger partial charge in [-0.1, -0.05) is 54.1 Å². The number of benzene rings is 3. The summed E-state index contributed by atoms with van der Waals surface area (Å²) >= 11 is 6.03. The van der Waals surface area contributed by atoms with E-state index in [9.17, 15) is 14.0 Å². The number of halogens is 2. The molecule has 3 rings (SSSR count). The van der Waals surface area contributed by atoms with Crippen LogP contribution in [0.25, 0.3) is 0 Å². The van der Waals surface area contributed by atoms with Gasteiger partial charge in [0.2, 0.25) is 5.91 Å². The van der Waals surface area contributed by atoms with Crippen LogP contribution in [0.2, 0.25) is 5.02 Å². The zero-order valence-corrected chi connectivity index (χ0v) is 16.9. The van der Waals surface area contributed by atoms with E-state index in [0.29, 0.717) is 16.5 Å². The molecule has 0 bridgehead atoms. The van der Waals surface area contributed by atoms with Crippen molar-refractivity contribution in [1.82, 2.24) is 5.32 Å². The van der Waals surface area contributed by atoms with Gasteiger partial charge in [-0.25, -0.2) is 4.39 Å². The lowest BCUT2D eigenvalue weighted by atomic mass is 10.0. The van der Waals surface area contributed by atoms with Gasteiger partial charge >= 0.3 is 0 Å². The van der Waals surface area contributed by atoms with E-state index >= 15 is 0 Å². The Labute approximate surface area is 178 Å². The van der Waals surface area contributed by atoms with Crippen LogP contribution in [0.15, 0.2) is 72.8 Å². The largest absolute Gasteiger partial charge is 0.495 e. The van der Waals surface area contributed by atoms with Crippen LogP contribution in [-0.2, 0) is 11.2 Å². The highest BCUT2D eigenvalue weighted by molar-refractivity contribution is 6.31. The zero-order chi connectivity index (χ0) is 21.5. The molecule has 7 heteroatoms. The van der Waals surface area contributed by atoms with Crippen molar-refractivity contribution in [3.05, 3.63) is 94.8 Å². The SMILES string of the molecule is COc1ccc(Cl)cc1NC(=O)C(Cc1ccccc1)NC(=O)c1ccccc1F. The molecule has 0 radical (unpaired) electrons. The highest BCUT2D eigenvalue weighted by Crippen LogP contribution is 2.28. The lowest BCUT2D eigenvalue weighted by Gasteiger charge is -2.20. The van der Waals surface area contributed by atoms with Gasteiger partial charge in [-0.2, -0.15) is 0 Å². The summed E-state index contributed by atoms with van der Waals surface area (Å²) in [6.07, 6.45) is 0.218. The van der Waals surface area contributed by atoms with Gasteiger partial charge in [0.25, 0.3) is 5.91 Å². The van der Waals surface area contributed by atoms with Crippen molar-refractivity contribution in [2.24, 2.45) is 0 Å². The smallest absolute Gasteiger partial charge is 0.254 e. The molecule has 0 aliphatic rings. The highest BCUT2D eigenvalue weighted by Gasteiger charge is 2.24. The van der Waals surface area contributed by atoms with E-state index in [1.165, 1.54) is 25.3 Å². The van der Waals surface area contributed by atoms with E-state index in [0.717, 1.165) is 5.56 Å². The van der Waals surface area contributed by atoms with Gasteiger partial charge < -0.3 is 15.4 Å². The molecule has 5 nitrogen and oxygen atoms in total. The van der Waals surface area contributed by atoms with E-state index in [1.54, 1.807) is 24.3 Å². The Kier molecular flexibility index (Phi) is 7.03. The quantitative estimate of drug-likeness (QED) is 0.585. The number of nitrogens with one attached hydrogen (secondary N) is 2. The number of amides is 2. The van der Waals surface area contributed by atoms with Crippen LogP contribution in [0.5, 0.6) is 5.75 Å². The Balaban J connectivity index is 1.85. The van der Waals surface area contributed by atoms with Crippen LogP contribution < -0.4 is 15.4 Å². The van der Waals surface area contributed by atoms with Crippen molar-refractivity contribution in [1.29, 1.82) is 0 Å². The molecule has 3 aromatic rings. The van der Waals surface area contributed by atoms with E-state index in [1.807, 2.05) is 30.3 Å². The molecular formula is C23H20ClFN2O3. The predicted molar refractivity (Wildman–Crippen MR) is 114 cm³/mol. The molecule has 0 saturated carbocycles. The van der Waals surface area contributed by atoms with E-state index in [2.05, 4.69) is 10.6 Å². The van der Waals surface area contributed by atoms with E-state index in [-0.39, 0.29) is 12.0 Å². The maximum Gasteiger partial charge on any atom is 0.254 e. The molecule has 30 heavy (non-hydrogen) atoms. The number of rotatable bonds is 7. The Morgan fingerprint density at radius 2 is 1.73 bits per heavy atom. The van der Waals surface area contributed by atoms with Crippen molar-refractivity contribution in [3.8, 4) is 5.75 Å². The second kappa shape index (κ2) is 9.89. The summed E-state index contributed by atoms with van der Waals surface area (Å²) < 4.78 is 19.3. The third kappa shape index (κ3) is 5.36. The van der Waals surface area contributed by atoms with Crippen LogP contribution >= 0.6 is 11.6 Å². The monoisotopic (exact) mass is 426 g/mol. The molecule has 0 spiro atoms. The van der Waals surface area contributed by atoms with Crippen molar-refractivity contribution in [3.63, 3.8) is 0 Å². The van der Waals surface area contributed by atoms with Crippen LogP contribution in [0.4, 0.5) is 10.1 Å². The molecule has 0 fully saturated rings. The fourth-order valence-electron chi connectivity index (χ4n) is 2.94. The highest BCUT2D eigenvalue weighted by atomic mass is 35.5. The first-order chi connectivity index (χ1) is 14.5. The molecule has 0 aliphatic carbocycles. The minimum absolute atomic E-state index is 0.135. The molecule has 3 aromatic carbocycles. The van der Waals surface area contributed by atoms with Gasteiger partial charge in [-0.15, -0.1) is 0 Å². The van der Waals surface area contributed by atoms with Crippen molar-refractivity contribution in [2.45, 2.75) is 12.5 Å². The lowest BCUT2D eigenvalue weighted by Crippen LogP contribution is -2.45. The average molecular weight is 427 g/mol. The van der Waals surface area contributed by atoms with Crippen LogP contribution in [0.1, 0.15) is 15.9 Å². The van der Waals surface area contributed by atoms with Gasteiger partial charge in [-0.3, -0.25) is 9.59 Å². The van der Waals surface area contributed by atoms with Gasteiger partial charge in [0.05, 0.1) is 18.4 Å². The topological polar surface area (TPSA) is 67.4 Å². The van der Waals surface area contributed by atoms with E-state index in [4.69, 9.17) is 16.3 Å². The Morgan fingerprint density at radius 1 is 1.03 bits per heavy atom. The van der Waals surface area contributed by atoms with E-state index < -0.39 is 23.7 Å². The first-order valence-corrected chi connectivity index (χ1v) is 9.59. The number of carbonyl (C=O) groups excluding carboxylic acids is 2. The molecule has 0 aromatic heterocycles. The second-order valence-corrected chi connectivity index (χ2v) is 6.97. The van der Waals surface area contributed by atoms with Crippen molar-refractivity contribution in [2.75, 3.05) is 12.4 Å². The predicted octanol–water partition coefficient (Wildman–Crippen LogP) is 4.47. The first kappa shape index (κ1) is 21.3. The summed E-state index contributed by atoms with van der Waals surface area (Å²) in [5.74, 6) is -1.40. The third-order valence-corrected chi connectivity index (χ3v) is 4.68. The normalized spacial score (nSPS) is 11.4. The van der Waals surface area contributed by atoms with Crippen molar-refractivity contribution >= 4 is 29.1 Å². The minimum Gasteiger partial charge on any atom is -0.495 e. The Morgan fingerprint density at radius 3 is 2.43 bits per heavy atom. The molecule has 1 unspecified atom stereocenters. The number of hydrogen-bond donors (Lipinski definition) is 2. The maximum absolute atomic E-state index is 14.0. The summed E-state index contributed by atoms with van der Waals surface area (Å²) in [5.41, 5.74) is 1.07. The fraction of sp³-hybridized carbons (Fsp3) is 0.130. The Hall–Kier alpha value is -3.38. The lowest BCUT2D eigenvalue weighted by molar-refractivity contribution is -0.118. The van der Waals surface area contributed by atoms with Crippen LogP contribution in [0, 0.1) is 5.82 Å². The molecule has 0 aliphatic heterocycles. The van der Waals surface area contributed by atoms with Crippen LogP contribution in [0.3, 0.4) is 0 Å². The number of anilines is 1. The fourth-order valence-corrected chi connectivity index (χ4v) is 3.11. The molecule has 0 heterocycles. The molecule has 154 valence electrons. The summed E-state index contributed by atoms with van der Waals surface area (Å²) in [6.45, 7) is 0. The van der Waals surface area contributed by atoms with Gasteiger partial charge in [0.15, 0.2) is 0 Å². The number of ether oxygens (including phenoxy) is 1. The minimum atomic E-state index is -0.955. The summed E-state index contributed by atoms with van der Waals surface area (Å²) in [5, 5.41) is 5.78. The first-order valence-electron chi connectivity index (χ1n) is 9.21. The third-order valence-electron chi connectivity index (χ3n) is 4.44.